The van der Waals surface area contributed by atoms with Crippen LogP contribution in [0.4, 0.5) is 13.2 Å². The lowest BCUT2D eigenvalue weighted by Gasteiger charge is -2.23. The van der Waals surface area contributed by atoms with E-state index in [0.29, 0.717) is 31.0 Å². The van der Waals surface area contributed by atoms with Gasteiger partial charge in [-0.15, -0.1) is 0 Å². The average Bonchev–Trinajstić information content (AvgIpc) is 2.56. The van der Waals surface area contributed by atoms with E-state index in [-0.39, 0.29) is 0 Å². The zero-order chi connectivity index (χ0) is 19.2. The molecule has 0 aliphatic heterocycles. The van der Waals surface area contributed by atoms with Gasteiger partial charge in [0.25, 0.3) is 0 Å². The summed E-state index contributed by atoms with van der Waals surface area (Å²) >= 11 is 0. The Hall–Kier alpha value is -1.99. The molecule has 2 N–H and O–H groups in total. The monoisotopic (exact) mass is 366 g/mol. The first-order valence-electron chi connectivity index (χ1n) is 8.67. The molecule has 2 aromatic heterocycles. The molecule has 0 saturated carbocycles. The fourth-order valence-electron chi connectivity index (χ4n) is 2.80. The Labute approximate surface area is 152 Å². The molecule has 0 atom stereocenters. The minimum Gasteiger partial charge on any atom is -0.330 e. The fourth-order valence-corrected chi connectivity index (χ4v) is 2.80. The van der Waals surface area contributed by atoms with Crippen molar-refractivity contribution in [1.29, 1.82) is 0 Å². The highest BCUT2D eigenvalue weighted by molar-refractivity contribution is 5.24. The van der Waals surface area contributed by atoms with Gasteiger partial charge in [-0.2, -0.15) is 13.2 Å². The number of rotatable bonds is 8. The van der Waals surface area contributed by atoms with Crippen LogP contribution in [0.2, 0.25) is 0 Å². The molecule has 0 amide bonds. The molecule has 2 heterocycles. The molecule has 0 aliphatic rings. The summed E-state index contributed by atoms with van der Waals surface area (Å²) in [7, 11) is 0. The predicted octanol–water partition coefficient (Wildman–Crippen LogP) is 3.85. The maximum Gasteiger partial charge on any atom is 0.416 e. The first-order chi connectivity index (χ1) is 12.3. The second kappa shape index (κ2) is 9.09. The maximum atomic E-state index is 13.1. The molecular weight excluding hydrogens is 341 g/mol. The Morgan fingerprint density at radius 1 is 1.12 bits per heavy atom. The molecule has 2 rings (SSSR count). The van der Waals surface area contributed by atoms with E-state index in [2.05, 4.69) is 14.9 Å². The first kappa shape index (κ1) is 20.3. The Balaban J connectivity index is 2.20. The van der Waals surface area contributed by atoms with Gasteiger partial charge in [-0.05, 0) is 63.5 Å². The Morgan fingerprint density at radius 3 is 2.54 bits per heavy atom. The number of hydrogen-bond acceptors (Lipinski definition) is 4. The molecule has 0 aliphatic carbocycles. The lowest BCUT2D eigenvalue weighted by atomic mass is 10.1. The van der Waals surface area contributed by atoms with Crippen LogP contribution in [0.1, 0.15) is 41.1 Å². The van der Waals surface area contributed by atoms with Crippen molar-refractivity contribution in [3.63, 3.8) is 0 Å². The van der Waals surface area contributed by atoms with Gasteiger partial charge < -0.3 is 5.73 Å². The molecule has 0 spiro atoms. The number of hydrogen-bond donors (Lipinski definition) is 1. The summed E-state index contributed by atoms with van der Waals surface area (Å²) in [5.74, 6) is 0. The van der Waals surface area contributed by atoms with Crippen LogP contribution in [0, 0.1) is 13.8 Å². The second-order valence-corrected chi connectivity index (χ2v) is 6.46. The van der Waals surface area contributed by atoms with E-state index in [9.17, 15) is 13.2 Å². The van der Waals surface area contributed by atoms with E-state index in [1.54, 1.807) is 13.1 Å². The molecule has 4 nitrogen and oxygen atoms in total. The highest BCUT2D eigenvalue weighted by Gasteiger charge is 2.31. The van der Waals surface area contributed by atoms with E-state index in [4.69, 9.17) is 5.73 Å². The van der Waals surface area contributed by atoms with Gasteiger partial charge in [0, 0.05) is 25.0 Å². The van der Waals surface area contributed by atoms with Crippen molar-refractivity contribution >= 4 is 0 Å². The van der Waals surface area contributed by atoms with Crippen LogP contribution in [0.15, 0.2) is 30.5 Å². The molecule has 7 heteroatoms. The highest BCUT2D eigenvalue weighted by Crippen LogP contribution is 2.30. The largest absolute Gasteiger partial charge is 0.416 e. The Bertz CT molecular complexity index is 716. The zero-order valence-electron chi connectivity index (χ0n) is 15.2. The van der Waals surface area contributed by atoms with Crippen LogP contribution in [-0.2, 0) is 19.3 Å². The van der Waals surface area contributed by atoms with Crippen LogP contribution < -0.4 is 5.73 Å². The number of unbranched alkanes of at least 4 members (excludes halogenated alkanes) is 1. The average molecular weight is 366 g/mol. The van der Waals surface area contributed by atoms with Crippen molar-refractivity contribution in [3.8, 4) is 0 Å². The zero-order valence-corrected chi connectivity index (χ0v) is 15.2. The van der Waals surface area contributed by atoms with Gasteiger partial charge in [0.2, 0.25) is 0 Å². The number of nitrogens with zero attached hydrogens (tertiary/aromatic N) is 3. The highest BCUT2D eigenvalue weighted by atomic mass is 19.4. The van der Waals surface area contributed by atoms with Gasteiger partial charge in [-0.25, -0.2) is 0 Å². The lowest BCUT2D eigenvalue weighted by Crippen LogP contribution is -2.26. The molecule has 26 heavy (non-hydrogen) atoms. The van der Waals surface area contributed by atoms with Crippen molar-refractivity contribution < 1.29 is 13.2 Å². The third-order valence-corrected chi connectivity index (χ3v) is 4.14. The number of pyridine rings is 2. The Morgan fingerprint density at radius 2 is 1.88 bits per heavy atom. The van der Waals surface area contributed by atoms with Crippen LogP contribution in [0.5, 0.6) is 0 Å². The van der Waals surface area contributed by atoms with Crippen molar-refractivity contribution in [1.82, 2.24) is 14.9 Å². The molecule has 0 radical (unpaired) electrons. The maximum absolute atomic E-state index is 13.1. The lowest BCUT2D eigenvalue weighted by molar-refractivity contribution is -0.137. The summed E-state index contributed by atoms with van der Waals surface area (Å²) < 4.78 is 39.2. The van der Waals surface area contributed by atoms with Gasteiger partial charge in [0.1, 0.15) is 0 Å². The molecule has 0 saturated heterocycles. The summed E-state index contributed by atoms with van der Waals surface area (Å²) in [6.07, 6.45) is -0.898. The van der Waals surface area contributed by atoms with Gasteiger partial charge in [0.05, 0.1) is 17.0 Å². The molecule has 0 unspecified atom stereocenters. The van der Waals surface area contributed by atoms with Gasteiger partial charge in [-0.3, -0.25) is 14.9 Å². The number of alkyl halides is 3. The molecule has 2 aromatic rings. The number of aromatic nitrogens is 2. The summed E-state index contributed by atoms with van der Waals surface area (Å²) in [4.78, 5) is 10.8. The standard InChI is InChI=1S/C19H25F3N4/c1-14-6-5-8-24-18(14)13-26(9-4-3-7-23)12-17-11-16(19(20,21)22)10-15(2)25-17/h5-6,8,10-11H,3-4,7,9,12-13,23H2,1-2H3. The van der Waals surface area contributed by atoms with Crippen LogP contribution >= 0.6 is 0 Å². The van der Waals surface area contributed by atoms with E-state index in [0.717, 1.165) is 42.8 Å². The SMILES string of the molecule is Cc1cc(C(F)(F)F)cc(CN(CCCCN)Cc2ncccc2C)n1. The van der Waals surface area contributed by atoms with Crippen LogP contribution in [-0.4, -0.2) is 28.0 Å². The quantitative estimate of drug-likeness (QED) is 0.721. The van der Waals surface area contributed by atoms with Gasteiger partial charge in [-0.1, -0.05) is 6.07 Å². The first-order valence-corrected chi connectivity index (χ1v) is 8.67. The fraction of sp³-hybridized carbons (Fsp3) is 0.474. The van der Waals surface area contributed by atoms with E-state index in [1.807, 2.05) is 19.1 Å². The molecule has 0 bridgehead atoms. The number of aryl methyl sites for hydroxylation is 2. The molecule has 142 valence electrons. The van der Waals surface area contributed by atoms with Crippen molar-refractivity contribution in [2.45, 2.75) is 46.0 Å². The summed E-state index contributed by atoms with van der Waals surface area (Å²) in [5.41, 5.74) is 7.67. The Kier molecular flexibility index (Phi) is 7.11. The van der Waals surface area contributed by atoms with Crippen LogP contribution in [0.3, 0.4) is 0 Å². The molecule has 0 fully saturated rings. The topological polar surface area (TPSA) is 55.0 Å². The van der Waals surface area contributed by atoms with Crippen molar-refractivity contribution in [2.24, 2.45) is 5.73 Å². The predicted molar refractivity (Wildman–Crippen MR) is 95.4 cm³/mol. The summed E-state index contributed by atoms with van der Waals surface area (Å²) in [6, 6.07) is 6.06. The van der Waals surface area contributed by atoms with Crippen molar-refractivity contribution in [3.05, 3.63) is 58.7 Å². The van der Waals surface area contributed by atoms with E-state index >= 15 is 0 Å². The van der Waals surface area contributed by atoms with Crippen LogP contribution in [0.25, 0.3) is 0 Å². The smallest absolute Gasteiger partial charge is 0.330 e. The minimum atomic E-state index is -4.37. The normalized spacial score (nSPS) is 12.0. The number of halogens is 3. The second-order valence-electron chi connectivity index (χ2n) is 6.46. The third-order valence-electron chi connectivity index (χ3n) is 4.14. The molecular formula is C19H25F3N4. The summed E-state index contributed by atoms with van der Waals surface area (Å²) in [6.45, 7) is 5.79. The van der Waals surface area contributed by atoms with E-state index in [1.165, 1.54) is 0 Å². The van der Waals surface area contributed by atoms with Gasteiger partial charge in [0.15, 0.2) is 0 Å². The third kappa shape index (κ3) is 6.07. The molecule has 0 aromatic carbocycles. The summed E-state index contributed by atoms with van der Waals surface area (Å²) in [5, 5.41) is 0. The van der Waals surface area contributed by atoms with Gasteiger partial charge >= 0.3 is 6.18 Å². The minimum absolute atomic E-state index is 0.339. The van der Waals surface area contributed by atoms with Crippen molar-refractivity contribution in [2.75, 3.05) is 13.1 Å². The van der Waals surface area contributed by atoms with E-state index < -0.39 is 11.7 Å². The number of nitrogens with two attached hydrogens (primary N) is 1.